The molecular formula is CrO12S3. The van der Waals surface area contributed by atoms with Crippen molar-refractivity contribution < 1.29 is 69.9 Å². The fourth-order valence-electron chi connectivity index (χ4n) is 0. The van der Waals surface area contributed by atoms with Gasteiger partial charge in [-0.25, -0.2) is 0 Å². The molecule has 16 heavy (non-hydrogen) atoms. The maximum absolute atomic E-state index is 8.52. The summed E-state index contributed by atoms with van der Waals surface area (Å²) >= 11 is 0. The Kier molecular flexibility index (Phi) is 14.4. The molecule has 0 heterocycles. The molecular weight excluding hydrogens is 340 g/mol. The summed E-state index contributed by atoms with van der Waals surface area (Å²) in [4.78, 5) is 0. The molecule has 0 N–H and O–H groups in total. The molecule has 0 bridgehead atoms. The third-order valence-electron chi connectivity index (χ3n) is 0. The Morgan fingerprint density at radius 1 is 0.438 bits per heavy atom. The van der Waals surface area contributed by atoms with Crippen LogP contribution in [0.15, 0.2) is 0 Å². The molecule has 0 aromatic carbocycles. The predicted molar refractivity (Wildman–Crippen MR) is 31.4 cm³/mol. The van der Waals surface area contributed by atoms with Crippen LogP contribution in [0.4, 0.5) is 0 Å². The van der Waals surface area contributed by atoms with Gasteiger partial charge in [0, 0.05) is 31.2 Å². The van der Waals surface area contributed by atoms with Crippen LogP contribution in [0.5, 0.6) is 0 Å². The van der Waals surface area contributed by atoms with Gasteiger partial charge in [0.05, 0.1) is 0 Å². The Morgan fingerprint density at radius 2 is 0.438 bits per heavy atom. The van der Waals surface area contributed by atoms with Crippen molar-refractivity contribution in [1.82, 2.24) is 0 Å². The van der Waals surface area contributed by atoms with Crippen molar-refractivity contribution in [2.24, 2.45) is 0 Å². The summed E-state index contributed by atoms with van der Waals surface area (Å²) in [5, 5.41) is 0. The molecule has 0 aliphatic rings. The van der Waals surface area contributed by atoms with Crippen LogP contribution in [0.3, 0.4) is 0 Å². The second-order valence-electron chi connectivity index (χ2n) is 1.22. The predicted octanol–water partition coefficient (Wildman–Crippen LogP) is -4.02. The molecule has 96 valence electrons. The smallest absolute Gasteiger partial charge is 0.759 e. The summed E-state index contributed by atoms with van der Waals surface area (Å²) in [6.07, 6.45) is 0. The van der Waals surface area contributed by atoms with E-state index in [-0.39, 0.29) is 17.4 Å². The molecule has 0 fully saturated rings. The maximum atomic E-state index is 8.52. The minimum atomic E-state index is -5.17. The second kappa shape index (κ2) is 9.20. The molecule has 0 radical (unpaired) electrons. The van der Waals surface area contributed by atoms with Gasteiger partial charge in [-0.1, -0.05) is 0 Å². The average molecular weight is 340 g/mol. The maximum Gasteiger partial charge on any atom is 6.00 e. The van der Waals surface area contributed by atoms with Crippen molar-refractivity contribution in [3.63, 3.8) is 0 Å². The topological polar surface area (TPSA) is 241 Å². The zero-order valence-electron chi connectivity index (χ0n) is 6.53. The summed E-state index contributed by atoms with van der Waals surface area (Å²) < 4.78 is 102. The standard InChI is InChI=1S/Cr.3H2O4S/c;3*1-5(2,3)4/h;3*(H2,1,2,3,4)/q+6;;;/p-6. The van der Waals surface area contributed by atoms with Gasteiger partial charge in [0.25, 0.3) is 0 Å². The van der Waals surface area contributed by atoms with Crippen LogP contribution in [0.25, 0.3) is 0 Å². The van der Waals surface area contributed by atoms with Crippen molar-refractivity contribution in [2.45, 2.75) is 0 Å². The fraction of sp³-hybridized carbons (Fsp3) is 0. The van der Waals surface area contributed by atoms with Crippen LogP contribution in [0.2, 0.25) is 0 Å². The number of hydrogen-bond donors (Lipinski definition) is 0. The summed E-state index contributed by atoms with van der Waals surface area (Å²) in [7, 11) is -15.5. The monoisotopic (exact) mass is 340 g/mol. The van der Waals surface area contributed by atoms with Crippen molar-refractivity contribution in [2.75, 3.05) is 0 Å². The first-order valence-electron chi connectivity index (χ1n) is 2.00. The van der Waals surface area contributed by atoms with Gasteiger partial charge in [-0.3, -0.25) is 25.3 Å². The Bertz CT molecular complexity index is 337. The van der Waals surface area contributed by atoms with Crippen LogP contribution >= 0.6 is 0 Å². The van der Waals surface area contributed by atoms with Gasteiger partial charge in [-0.2, -0.15) is 0 Å². The summed E-state index contributed by atoms with van der Waals surface area (Å²) in [6, 6.07) is 0. The van der Waals surface area contributed by atoms with E-state index >= 15 is 0 Å². The van der Waals surface area contributed by atoms with Crippen LogP contribution < -0.4 is 0 Å². The van der Waals surface area contributed by atoms with Gasteiger partial charge in [0.1, 0.15) is 0 Å². The quantitative estimate of drug-likeness (QED) is 0.302. The molecule has 0 amide bonds. The molecule has 0 saturated heterocycles. The van der Waals surface area contributed by atoms with E-state index in [0.717, 1.165) is 0 Å². The zero-order chi connectivity index (χ0) is 13.5. The van der Waals surface area contributed by atoms with Crippen molar-refractivity contribution in [3.8, 4) is 0 Å². The van der Waals surface area contributed by atoms with Gasteiger partial charge in [0.15, 0.2) is 0 Å². The first kappa shape index (κ1) is 25.1. The van der Waals surface area contributed by atoms with E-state index in [9.17, 15) is 0 Å². The first-order valence-corrected chi connectivity index (χ1v) is 6.00. The molecule has 0 atom stereocenters. The Hall–Kier alpha value is 0.142. The second-order valence-corrected chi connectivity index (χ2v) is 3.67. The van der Waals surface area contributed by atoms with E-state index in [4.69, 9.17) is 52.6 Å². The van der Waals surface area contributed by atoms with Crippen LogP contribution in [0, 0.1) is 0 Å². The molecule has 0 aromatic heterocycles. The van der Waals surface area contributed by atoms with Gasteiger partial charge in [-0.05, 0) is 0 Å². The molecule has 0 unspecified atom stereocenters. The van der Waals surface area contributed by atoms with Crippen molar-refractivity contribution in [3.05, 3.63) is 0 Å². The number of rotatable bonds is 0. The van der Waals surface area contributed by atoms with Crippen LogP contribution in [0.1, 0.15) is 0 Å². The van der Waals surface area contributed by atoms with Gasteiger partial charge in [0.2, 0.25) is 0 Å². The average Bonchev–Trinajstić information content (AvgIpc) is 1.41. The number of hydrogen-bond acceptors (Lipinski definition) is 12. The van der Waals surface area contributed by atoms with E-state index in [1.807, 2.05) is 0 Å². The fourth-order valence-corrected chi connectivity index (χ4v) is 0. The molecule has 0 aliphatic carbocycles. The first-order chi connectivity index (χ1) is 6.00. The largest absolute Gasteiger partial charge is 6.00 e. The minimum Gasteiger partial charge on any atom is -0.759 e. The van der Waals surface area contributed by atoms with Crippen molar-refractivity contribution in [1.29, 1.82) is 0 Å². The van der Waals surface area contributed by atoms with E-state index in [2.05, 4.69) is 0 Å². The summed E-state index contributed by atoms with van der Waals surface area (Å²) in [6.45, 7) is 0. The molecule has 0 aliphatic heterocycles. The van der Waals surface area contributed by atoms with E-state index < -0.39 is 31.2 Å². The molecule has 12 nitrogen and oxygen atoms in total. The SMILES string of the molecule is O=S(=O)([O-])[O-].O=S(=O)([O-])[O-].O=S(=O)([O-])[O-].[Cr+6]. The molecule has 0 spiro atoms. The van der Waals surface area contributed by atoms with Crippen LogP contribution in [-0.2, 0) is 48.6 Å². The summed E-state index contributed by atoms with van der Waals surface area (Å²) in [5.74, 6) is 0. The minimum absolute atomic E-state index is 0. The Morgan fingerprint density at radius 3 is 0.438 bits per heavy atom. The Labute approximate surface area is 101 Å². The third kappa shape index (κ3) is 120000. The van der Waals surface area contributed by atoms with E-state index in [1.165, 1.54) is 0 Å². The molecule has 0 saturated carbocycles. The van der Waals surface area contributed by atoms with E-state index in [1.54, 1.807) is 0 Å². The van der Waals surface area contributed by atoms with Gasteiger partial charge >= 0.3 is 17.4 Å². The molecule has 0 aromatic rings. The van der Waals surface area contributed by atoms with Gasteiger partial charge < -0.3 is 27.3 Å². The molecule has 0 rings (SSSR count). The van der Waals surface area contributed by atoms with Crippen LogP contribution in [-0.4, -0.2) is 52.6 Å². The van der Waals surface area contributed by atoms with Gasteiger partial charge in [-0.15, -0.1) is 0 Å². The zero-order valence-corrected chi connectivity index (χ0v) is 10.3. The normalized spacial score (nSPS) is 10.9. The third-order valence-corrected chi connectivity index (χ3v) is 0. The summed E-state index contributed by atoms with van der Waals surface area (Å²) in [5.41, 5.74) is 0. The molecule has 16 heteroatoms. The van der Waals surface area contributed by atoms with E-state index in [0.29, 0.717) is 0 Å². The Balaban J connectivity index is -0.0000000655. The van der Waals surface area contributed by atoms with Crippen molar-refractivity contribution >= 4 is 31.2 Å².